The second-order valence-electron chi connectivity index (χ2n) is 7.11. The monoisotopic (exact) mass is 393 g/mol. The van der Waals surface area contributed by atoms with Gasteiger partial charge in [-0.15, -0.1) is 15.3 Å². The average Bonchev–Trinajstić information content (AvgIpc) is 3.25. The van der Waals surface area contributed by atoms with Gasteiger partial charge in [0.1, 0.15) is 6.10 Å². The van der Waals surface area contributed by atoms with Crippen LogP contribution in [0.5, 0.6) is 5.88 Å². The van der Waals surface area contributed by atoms with Crippen LogP contribution in [0.3, 0.4) is 0 Å². The molecule has 0 N–H and O–H groups in total. The number of aromatic nitrogens is 5. The first kappa shape index (κ1) is 18.9. The van der Waals surface area contributed by atoms with E-state index in [1.54, 1.807) is 11.0 Å². The summed E-state index contributed by atoms with van der Waals surface area (Å²) < 4.78 is 5.95. The zero-order valence-corrected chi connectivity index (χ0v) is 16.5. The fourth-order valence-electron chi connectivity index (χ4n) is 3.21. The van der Waals surface area contributed by atoms with Gasteiger partial charge in [0, 0.05) is 26.7 Å². The SMILES string of the molecule is CN(C)c1ccc(OC2CCCN(C(=O)c3cnn(-c4ccccc4)n3)C2)nn1. The van der Waals surface area contributed by atoms with Crippen molar-refractivity contribution in [3.63, 3.8) is 0 Å². The lowest BCUT2D eigenvalue weighted by Crippen LogP contribution is -2.44. The summed E-state index contributed by atoms with van der Waals surface area (Å²) in [4.78, 5) is 18.0. The van der Waals surface area contributed by atoms with Crippen molar-refractivity contribution in [1.82, 2.24) is 30.1 Å². The highest BCUT2D eigenvalue weighted by Crippen LogP contribution is 2.19. The van der Waals surface area contributed by atoms with Gasteiger partial charge in [0.05, 0.1) is 18.4 Å². The Morgan fingerprint density at radius 3 is 2.69 bits per heavy atom. The van der Waals surface area contributed by atoms with Crippen molar-refractivity contribution in [2.24, 2.45) is 0 Å². The molecule has 4 rings (SSSR count). The van der Waals surface area contributed by atoms with Crippen LogP contribution >= 0.6 is 0 Å². The van der Waals surface area contributed by atoms with Crippen LogP contribution in [-0.4, -0.2) is 69.3 Å². The van der Waals surface area contributed by atoms with E-state index in [-0.39, 0.29) is 12.0 Å². The van der Waals surface area contributed by atoms with Crippen LogP contribution in [0.1, 0.15) is 23.3 Å². The fraction of sp³-hybridized carbons (Fsp3) is 0.350. The standard InChI is InChI=1S/C20H23N7O2/c1-25(2)18-10-11-19(23-22-18)29-16-9-6-12-26(14-16)20(28)17-13-21-27(24-17)15-7-4-3-5-8-15/h3-5,7-8,10-11,13,16H,6,9,12,14H2,1-2H3. The van der Waals surface area contributed by atoms with Gasteiger partial charge in [0.15, 0.2) is 11.5 Å². The molecule has 3 heterocycles. The molecule has 9 heteroatoms. The summed E-state index contributed by atoms with van der Waals surface area (Å²) >= 11 is 0. The molecule has 29 heavy (non-hydrogen) atoms. The van der Waals surface area contributed by atoms with Crippen LogP contribution < -0.4 is 9.64 Å². The van der Waals surface area contributed by atoms with Crippen LogP contribution in [0.2, 0.25) is 0 Å². The molecular formula is C20H23N7O2. The number of rotatable bonds is 5. The van der Waals surface area contributed by atoms with E-state index < -0.39 is 0 Å². The Kier molecular flexibility index (Phi) is 5.37. The Labute approximate surface area is 168 Å². The maximum Gasteiger partial charge on any atom is 0.276 e. The van der Waals surface area contributed by atoms with E-state index in [0.29, 0.717) is 24.7 Å². The Morgan fingerprint density at radius 2 is 1.97 bits per heavy atom. The normalized spacial score (nSPS) is 16.5. The third-order valence-corrected chi connectivity index (χ3v) is 4.74. The number of likely N-dealkylation sites (tertiary alicyclic amines) is 1. The highest BCUT2D eigenvalue weighted by molar-refractivity contribution is 5.92. The molecule has 1 fully saturated rings. The molecule has 1 amide bonds. The number of para-hydroxylation sites is 1. The first-order valence-electron chi connectivity index (χ1n) is 9.55. The van der Waals surface area contributed by atoms with E-state index in [1.807, 2.05) is 55.4 Å². The molecule has 1 saturated heterocycles. The third kappa shape index (κ3) is 4.34. The second-order valence-corrected chi connectivity index (χ2v) is 7.11. The Balaban J connectivity index is 1.40. The van der Waals surface area contributed by atoms with Crippen molar-refractivity contribution in [2.45, 2.75) is 18.9 Å². The lowest BCUT2D eigenvalue weighted by molar-refractivity contribution is 0.0520. The molecule has 0 spiro atoms. The van der Waals surface area contributed by atoms with E-state index in [1.165, 1.54) is 11.0 Å². The van der Waals surface area contributed by atoms with Gasteiger partial charge in [-0.3, -0.25) is 4.79 Å². The van der Waals surface area contributed by atoms with Crippen LogP contribution in [0.15, 0.2) is 48.7 Å². The summed E-state index contributed by atoms with van der Waals surface area (Å²) in [6.07, 6.45) is 3.09. The molecule has 2 aromatic heterocycles. The molecule has 1 atom stereocenters. The van der Waals surface area contributed by atoms with Gasteiger partial charge < -0.3 is 14.5 Å². The number of amides is 1. The summed E-state index contributed by atoms with van der Waals surface area (Å²) in [5.74, 6) is 1.08. The molecule has 150 valence electrons. The van der Waals surface area contributed by atoms with E-state index >= 15 is 0 Å². The molecule has 0 aliphatic carbocycles. The number of carbonyl (C=O) groups is 1. The quantitative estimate of drug-likeness (QED) is 0.653. The summed E-state index contributed by atoms with van der Waals surface area (Å²) in [6, 6.07) is 13.2. The van der Waals surface area contributed by atoms with Gasteiger partial charge in [0.2, 0.25) is 5.88 Å². The number of anilines is 1. The predicted molar refractivity (Wildman–Crippen MR) is 107 cm³/mol. The molecule has 1 aromatic carbocycles. The number of carbonyl (C=O) groups excluding carboxylic acids is 1. The van der Waals surface area contributed by atoms with Gasteiger partial charge in [-0.05, 0) is 31.0 Å². The van der Waals surface area contributed by atoms with Gasteiger partial charge in [-0.1, -0.05) is 18.2 Å². The maximum absolute atomic E-state index is 12.9. The van der Waals surface area contributed by atoms with Gasteiger partial charge in [-0.25, -0.2) is 0 Å². The van der Waals surface area contributed by atoms with Gasteiger partial charge in [0.25, 0.3) is 5.91 Å². The lowest BCUT2D eigenvalue weighted by Gasteiger charge is -2.32. The van der Waals surface area contributed by atoms with Crippen LogP contribution in [0.4, 0.5) is 5.82 Å². The topological polar surface area (TPSA) is 89.3 Å². The third-order valence-electron chi connectivity index (χ3n) is 4.74. The Hall–Kier alpha value is -3.49. The zero-order chi connectivity index (χ0) is 20.2. The van der Waals surface area contributed by atoms with E-state index in [4.69, 9.17) is 4.74 Å². The number of hydrogen-bond donors (Lipinski definition) is 0. The number of piperidine rings is 1. The largest absolute Gasteiger partial charge is 0.471 e. The minimum absolute atomic E-state index is 0.128. The molecular weight excluding hydrogens is 370 g/mol. The highest BCUT2D eigenvalue weighted by Gasteiger charge is 2.27. The van der Waals surface area contributed by atoms with E-state index in [0.717, 1.165) is 24.3 Å². The van der Waals surface area contributed by atoms with Crippen molar-refractivity contribution in [3.05, 3.63) is 54.4 Å². The van der Waals surface area contributed by atoms with E-state index in [9.17, 15) is 4.79 Å². The molecule has 1 unspecified atom stereocenters. The van der Waals surface area contributed by atoms with Crippen molar-refractivity contribution in [1.29, 1.82) is 0 Å². The smallest absolute Gasteiger partial charge is 0.276 e. The first-order chi connectivity index (χ1) is 14.1. The van der Waals surface area contributed by atoms with Gasteiger partial charge in [-0.2, -0.15) is 9.90 Å². The van der Waals surface area contributed by atoms with Gasteiger partial charge >= 0.3 is 0 Å². The number of hydrogen-bond acceptors (Lipinski definition) is 7. The van der Waals surface area contributed by atoms with Crippen molar-refractivity contribution in [3.8, 4) is 11.6 Å². The minimum atomic E-state index is -0.144. The number of benzene rings is 1. The number of ether oxygens (including phenoxy) is 1. The van der Waals surface area contributed by atoms with Crippen molar-refractivity contribution in [2.75, 3.05) is 32.1 Å². The molecule has 0 radical (unpaired) electrons. The van der Waals surface area contributed by atoms with Crippen LogP contribution in [-0.2, 0) is 0 Å². The summed E-state index contributed by atoms with van der Waals surface area (Å²) in [7, 11) is 3.81. The number of nitrogens with zero attached hydrogens (tertiary/aromatic N) is 7. The van der Waals surface area contributed by atoms with E-state index in [2.05, 4.69) is 20.4 Å². The summed E-state index contributed by atoms with van der Waals surface area (Å²) in [5, 5.41) is 16.8. The molecule has 9 nitrogen and oxygen atoms in total. The maximum atomic E-state index is 12.9. The molecule has 1 aliphatic rings. The van der Waals surface area contributed by atoms with Crippen LogP contribution in [0.25, 0.3) is 5.69 Å². The second kappa shape index (κ2) is 8.26. The summed E-state index contributed by atoms with van der Waals surface area (Å²) in [5.41, 5.74) is 1.13. The van der Waals surface area contributed by atoms with Crippen molar-refractivity contribution < 1.29 is 9.53 Å². The minimum Gasteiger partial charge on any atom is -0.471 e. The molecule has 0 bridgehead atoms. The first-order valence-corrected chi connectivity index (χ1v) is 9.55. The summed E-state index contributed by atoms with van der Waals surface area (Å²) in [6.45, 7) is 1.15. The molecule has 3 aromatic rings. The molecule has 0 saturated carbocycles. The molecule has 1 aliphatic heterocycles. The average molecular weight is 393 g/mol. The lowest BCUT2D eigenvalue weighted by atomic mass is 10.1. The predicted octanol–water partition coefficient (Wildman–Crippen LogP) is 1.81. The Morgan fingerprint density at radius 1 is 1.14 bits per heavy atom. The van der Waals surface area contributed by atoms with Crippen LogP contribution in [0, 0.1) is 0 Å². The Bertz CT molecular complexity index is 956. The fourth-order valence-corrected chi connectivity index (χ4v) is 3.21. The van der Waals surface area contributed by atoms with Crippen molar-refractivity contribution >= 4 is 11.7 Å². The zero-order valence-electron chi connectivity index (χ0n) is 16.5. The highest BCUT2D eigenvalue weighted by atomic mass is 16.5.